The summed E-state index contributed by atoms with van der Waals surface area (Å²) in [4.78, 5) is 8.91. The first-order chi connectivity index (χ1) is 11.7. The molecule has 5 heteroatoms. The maximum absolute atomic E-state index is 6.41. The molecule has 0 amide bonds. The van der Waals surface area contributed by atoms with Gasteiger partial charge in [0.25, 0.3) is 0 Å². The van der Waals surface area contributed by atoms with E-state index in [0.29, 0.717) is 23.3 Å². The molecule has 0 spiro atoms. The van der Waals surface area contributed by atoms with Crippen LogP contribution in [0, 0.1) is 5.92 Å². The van der Waals surface area contributed by atoms with Crippen LogP contribution in [0.3, 0.4) is 0 Å². The minimum Gasteiger partial charge on any atom is -0.492 e. The molecule has 2 aromatic rings. The van der Waals surface area contributed by atoms with E-state index in [0.717, 1.165) is 23.5 Å². The SMILES string of the molecule is CC(C)c1nccc(-c2ccc(OC[C@@H](C)CC(C)(C)N)c(Cl)c2)n1. The minimum absolute atomic E-state index is 0.197. The van der Waals surface area contributed by atoms with E-state index in [-0.39, 0.29) is 11.5 Å². The monoisotopic (exact) mass is 361 g/mol. The summed E-state index contributed by atoms with van der Waals surface area (Å²) in [6.07, 6.45) is 2.67. The Bertz CT molecular complexity index is 710. The average Bonchev–Trinajstić information content (AvgIpc) is 2.52. The number of ether oxygens (including phenoxy) is 1. The smallest absolute Gasteiger partial charge is 0.137 e. The average molecular weight is 362 g/mol. The van der Waals surface area contributed by atoms with E-state index in [1.54, 1.807) is 6.20 Å². The van der Waals surface area contributed by atoms with Crippen LogP contribution >= 0.6 is 11.6 Å². The Morgan fingerprint density at radius 2 is 1.92 bits per heavy atom. The molecular weight excluding hydrogens is 334 g/mol. The van der Waals surface area contributed by atoms with Crippen LogP contribution < -0.4 is 10.5 Å². The van der Waals surface area contributed by atoms with Crippen LogP contribution in [0.25, 0.3) is 11.3 Å². The highest BCUT2D eigenvalue weighted by Crippen LogP contribution is 2.30. The summed E-state index contributed by atoms with van der Waals surface area (Å²) in [6, 6.07) is 7.66. The Hall–Kier alpha value is -1.65. The van der Waals surface area contributed by atoms with Crippen molar-refractivity contribution in [3.05, 3.63) is 41.3 Å². The molecule has 25 heavy (non-hydrogen) atoms. The second-order valence-electron chi connectivity index (χ2n) is 7.71. The van der Waals surface area contributed by atoms with Crippen LogP contribution in [-0.2, 0) is 0 Å². The van der Waals surface area contributed by atoms with E-state index >= 15 is 0 Å². The highest BCUT2D eigenvalue weighted by molar-refractivity contribution is 6.32. The third-order valence-electron chi connectivity index (χ3n) is 3.82. The standard InChI is InChI=1S/C20H28ClN3O/c1-13(2)19-23-9-8-17(24-19)15-6-7-18(16(21)10-15)25-12-14(3)11-20(4,5)22/h6-10,13-14H,11-12,22H2,1-5H3/t14-/m0/s1. The molecular formula is C20H28ClN3O. The lowest BCUT2D eigenvalue weighted by atomic mass is 9.93. The van der Waals surface area contributed by atoms with Crippen molar-refractivity contribution in [2.24, 2.45) is 11.7 Å². The summed E-state index contributed by atoms with van der Waals surface area (Å²) in [5, 5.41) is 0.585. The quantitative estimate of drug-likeness (QED) is 0.748. The fraction of sp³-hybridized carbons (Fsp3) is 0.500. The molecule has 0 aliphatic carbocycles. The summed E-state index contributed by atoms with van der Waals surface area (Å²) < 4.78 is 5.88. The van der Waals surface area contributed by atoms with Gasteiger partial charge in [-0.05, 0) is 50.5 Å². The normalized spacial score (nSPS) is 13.1. The van der Waals surface area contributed by atoms with Crippen molar-refractivity contribution in [2.75, 3.05) is 6.61 Å². The first-order valence-corrected chi connectivity index (χ1v) is 9.08. The van der Waals surface area contributed by atoms with Crippen molar-refractivity contribution < 1.29 is 4.74 Å². The maximum atomic E-state index is 6.41. The molecule has 136 valence electrons. The molecule has 0 saturated carbocycles. The lowest BCUT2D eigenvalue weighted by Gasteiger charge is -2.23. The number of nitrogens with zero attached hydrogens (tertiary/aromatic N) is 2. The molecule has 1 aromatic heterocycles. The van der Waals surface area contributed by atoms with Gasteiger partial charge in [-0.25, -0.2) is 9.97 Å². The third kappa shape index (κ3) is 5.98. The van der Waals surface area contributed by atoms with Gasteiger partial charge in [0, 0.05) is 23.2 Å². The van der Waals surface area contributed by atoms with Gasteiger partial charge in [-0.1, -0.05) is 32.4 Å². The highest BCUT2D eigenvalue weighted by atomic mass is 35.5. The summed E-state index contributed by atoms with van der Waals surface area (Å²) in [5.41, 5.74) is 7.68. The van der Waals surface area contributed by atoms with E-state index in [4.69, 9.17) is 22.1 Å². The summed E-state index contributed by atoms with van der Waals surface area (Å²) >= 11 is 6.41. The number of aromatic nitrogens is 2. The molecule has 0 radical (unpaired) electrons. The van der Waals surface area contributed by atoms with Gasteiger partial charge >= 0.3 is 0 Å². The van der Waals surface area contributed by atoms with Crippen molar-refractivity contribution in [1.29, 1.82) is 0 Å². The Labute approximate surface area is 155 Å². The van der Waals surface area contributed by atoms with Crippen molar-refractivity contribution in [1.82, 2.24) is 9.97 Å². The van der Waals surface area contributed by atoms with Crippen molar-refractivity contribution >= 4 is 11.6 Å². The zero-order valence-corrected chi connectivity index (χ0v) is 16.5. The fourth-order valence-electron chi connectivity index (χ4n) is 2.78. The highest BCUT2D eigenvalue weighted by Gasteiger charge is 2.16. The first-order valence-electron chi connectivity index (χ1n) is 8.70. The first kappa shape index (κ1) is 19.7. The van der Waals surface area contributed by atoms with Crippen LogP contribution in [0.1, 0.15) is 52.8 Å². The minimum atomic E-state index is -0.197. The van der Waals surface area contributed by atoms with Gasteiger partial charge in [-0.2, -0.15) is 0 Å². The number of benzene rings is 1. The van der Waals surface area contributed by atoms with Gasteiger partial charge in [0.05, 0.1) is 17.3 Å². The fourth-order valence-corrected chi connectivity index (χ4v) is 3.01. The molecule has 0 unspecified atom stereocenters. The molecule has 0 saturated heterocycles. The van der Waals surface area contributed by atoms with Crippen LogP contribution in [0.15, 0.2) is 30.5 Å². The lowest BCUT2D eigenvalue weighted by molar-refractivity contribution is 0.229. The molecule has 2 rings (SSSR count). The second-order valence-corrected chi connectivity index (χ2v) is 8.12. The molecule has 0 fully saturated rings. The Morgan fingerprint density at radius 1 is 1.20 bits per heavy atom. The zero-order valence-electron chi connectivity index (χ0n) is 15.7. The number of halogens is 1. The number of nitrogens with two attached hydrogens (primary N) is 1. The van der Waals surface area contributed by atoms with Gasteiger partial charge in [-0.3, -0.25) is 0 Å². The number of hydrogen-bond acceptors (Lipinski definition) is 4. The van der Waals surface area contributed by atoms with Crippen LogP contribution in [0.5, 0.6) is 5.75 Å². The van der Waals surface area contributed by atoms with Crippen molar-refractivity contribution in [2.45, 2.75) is 52.5 Å². The van der Waals surface area contributed by atoms with Crippen LogP contribution in [0.2, 0.25) is 5.02 Å². The van der Waals surface area contributed by atoms with Crippen LogP contribution in [-0.4, -0.2) is 22.1 Å². The van der Waals surface area contributed by atoms with Crippen molar-refractivity contribution in [3.8, 4) is 17.0 Å². The van der Waals surface area contributed by atoms with Gasteiger partial charge in [0.15, 0.2) is 0 Å². The molecule has 1 atom stereocenters. The molecule has 0 aliphatic rings. The zero-order chi connectivity index (χ0) is 18.6. The van der Waals surface area contributed by atoms with E-state index in [2.05, 4.69) is 30.7 Å². The molecule has 4 nitrogen and oxygen atoms in total. The Kier molecular flexibility index (Phi) is 6.42. The molecule has 0 aliphatic heterocycles. The summed E-state index contributed by atoms with van der Waals surface area (Å²) in [5.74, 6) is 2.15. The predicted octanol–water partition coefficient (Wildman–Crippen LogP) is 5.06. The largest absolute Gasteiger partial charge is 0.492 e. The summed E-state index contributed by atoms with van der Waals surface area (Å²) in [7, 11) is 0. The topological polar surface area (TPSA) is 61.0 Å². The van der Waals surface area contributed by atoms with Gasteiger partial charge in [-0.15, -0.1) is 0 Å². The van der Waals surface area contributed by atoms with Crippen molar-refractivity contribution in [3.63, 3.8) is 0 Å². The number of rotatable bonds is 7. The van der Waals surface area contributed by atoms with Crippen LogP contribution in [0.4, 0.5) is 0 Å². The van der Waals surface area contributed by atoms with E-state index in [1.807, 2.05) is 38.1 Å². The Morgan fingerprint density at radius 3 is 2.52 bits per heavy atom. The van der Waals surface area contributed by atoms with E-state index in [1.165, 1.54) is 0 Å². The number of hydrogen-bond donors (Lipinski definition) is 1. The third-order valence-corrected chi connectivity index (χ3v) is 4.11. The maximum Gasteiger partial charge on any atom is 0.137 e. The Balaban J connectivity index is 2.09. The van der Waals surface area contributed by atoms with Gasteiger partial charge < -0.3 is 10.5 Å². The summed E-state index contributed by atoms with van der Waals surface area (Å²) in [6.45, 7) is 10.9. The predicted molar refractivity (Wildman–Crippen MR) is 104 cm³/mol. The van der Waals surface area contributed by atoms with E-state index < -0.39 is 0 Å². The van der Waals surface area contributed by atoms with Gasteiger partial charge in [0.1, 0.15) is 11.6 Å². The molecule has 0 bridgehead atoms. The lowest BCUT2D eigenvalue weighted by Crippen LogP contribution is -2.35. The second kappa shape index (κ2) is 8.15. The molecule has 2 N–H and O–H groups in total. The molecule has 1 aromatic carbocycles. The van der Waals surface area contributed by atoms with E-state index in [9.17, 15) is 0 Å². The van der Waals surface area contributed by atoms with Gasteiger partial charge in [0.2, 0.25) is 0 Å². The molecule has 1 heterocycles.